The monoisotopic (exact) mass is 383 g/mol. The van der Waals surface area contributed by atoms with Crippen LogP contribution in [0.4, 0.5) is 5.69 Å². The highest BCUT2D eigenvalue weighted by atomic mass is 32.1. The molecule has 26 heavy (non-hydrogen) atoms. The van der Waals surface area contributed by atoms with E-state index in [-0.39, 0.29) is 5.91 Å². The molecule has 134 valence electrons. The molecule has 0 bridgehead atoms. The van der Waals surface area contributed by atoms with Crippen LogP contribution in [-0.2, 0) is 6.54 Å². The minimum Gasteiger partial charge on any atom is -0.321 e. The Morgan fingerprint density at radius 2 is 2.08 bits per heavy atom. The first-order valence-corrected chi connectivity index (χ1v) is 10.4. The maximum atomic E-state index is 12.5. The summed E-state index contributed by atoms with van der Waals surface area (Å²) in [4.78, 5) is 22.7. The van der Waals surface area contributed by atoms with Gasteiger partial charge in [-0.15, -0.1) is 22.7 Å². The number of aryl methyl sites for hydroxylation is 1. The molecule has 0 aliphatic carbocycles. The average molecular weight is 384 g/mol. The highest BCUT2D eigenvalue weighted by Crippen LogP contribution is 2.37. The topological polar surface area (TPSA) is 45.2 Å². The Hall–Kier alpha value is -2.02. The Bertz CT molecular complexity index is 887. The van der Waals surface area contributed by atoms with Crippen molar-refractivity contribution in [2.24, 2.45) is 0 Å². The predicted molar refractivity (Wildman–Crippen MR) is 108 cm³/mol. The number of amides is 1. The molecule has 1 aliphatic rings. The van der Waals surface area contributed by atoms with Crippen molar-refractivity contribution in [2.75, 3.05) is 11.9 Å². The van der Waals surface area contributed by atoms with E-state index in [1.807, 2.05) is 49.5 Å². The van der Waals surface area contributed by atoms with Gasteiger partial charge in [0.1, 0.15) is 0 Å². The fourth-order valence-corrected chi connectivity index (χ4v) is 5.28. The molecular weight excluding hydrogens is 362 g/mol. The molecule has 0 radical (unpaired) electrons. The van der Waals surface area contributed by atoms with E-state index in [2.05, 4.69) is 21.3 Å². The number of aromatic nitrogens is 1. The molecule has 1 aromatic carbocycles. The van der Waals surface area contributed by atoms with Gasteiger partial charge in [0.15, 0.2) is 0 Å². The lowest BCUT2D eigenvalue weighted by Crippen LogP contribution is -2.21. The second-order valence-corrected chi connectivity index (χ2v) is 8.93. The minimum atomic E-state index is -0.0323. The normalized spacial score (nSPS) is 17.5. The zero-order chi connectivity index (χ0) is 17.9. The second kappa shape index (κ2) is 7.70. The first-order chi connectivity index (χ1) is 12.7. The fourth-order valence-electron chi connectivity index (χ4n) is 3.38. The highest BCUT2D eigenvalue weighted by Gasteiger charge is 2.28. The number of hydrogen-bond acceptors (Lipinski definition) is 5. The number of nitrogens with one attached hydrogen (secondary N) is 1. The molecule has 0 saturated carbocycles. The quantitative estimate of drug-likeness (QED) is 0.666. The van der Waals surface area contributed by atoms with Crippen molar-refractivity contribution in [1.82, 2.24) is 9.88 Å². The van der Waals surface area contributed by atoms with Crippen molar-refractivity contribution < 1.29 is 4.79 Å². The largest absolute Gasteiger partial charge is 0.321 e. The number of nitrogens with zero attached hydrogens (tertiary/aromatic N) is 2. The van der Waals surface area contributed by atoms with Crippen molar-refractivity contribution in [3.8, 4) is 0 Å². The Labute approximate surface area is 161 Å². The van der Waals surface area contributed by atoms with Crippen molar-refractivity contribution in [1.29, 1.82) is 0 Å². The summed E-state index contributed by atoms with van der Waals surface area (Å²) in [6.07, 6.45) is 4.34. The molecule has 4 nitrogen and oxygen atoms in total. The number of benzene rings is 1. The summed E-state index contributed by atoms with van der Waals surface area (Å²) < 4.78 is 0. The number of carbonyl (C=O) groups excluding carboxylic acids is 1. The van der Waals surface area contributed by atoms with Gasteiger partial charge < -0.3 is 5.32 Å². The molecule has 3 heterocycles. The van der Waals surface area contributed by atoms with Gasteiger partial charge in [-0.25, -0.2) is 4.98 Å². The van der Waals surface area contributed by atoms with Gasteiger partial charge in [-0.05, 0) is 50.6 Å². The van der Waals surface area contributed by atoms with Gasteiger partial charge in [0, 0.05) is 34.2 Å². The number of likely N-dealkylation sites (tertiary alicyclic amines) is 1. The Balaban J connectivity index is 1.45. The Kier molecular flexibility index (Phi) is 5.15. The standard InChI is InChI=1S/C20H21N3OS2/c1-14-21-12-16(25-14)13-23-11-5-8-17(23)18-9-10-19(26-18)20(24)22-15-6-3-2-4-7-15/h2-4,6-7,9-10,12,17H,5,8,11,13H2,1H3,(H,22,24). The van der Waals surface area contributed by atoms with E-state index in [0.29, 0.717) is 6.04 Å². The second-order valence-electron chi connectivity index (χ2n) is 6.50. The van der Waals surface area contributed by atoms with Crippen molar-refractivity contribution in [2.45, 2.75) is 32.4 Å². The molecule has 1 aliphatic heterocycles. The first kappa shape index (κ1) is 17.4. The Morgan fingerprint density at radius 1 is 1.23 bits per heavy atom. The third-order valence-electron chi connectivity index (χ3n) is 4.60. The van der Waals surface area contributed by atoms with E-state index in [1.165, 1.54) is 16.2 Å². The maximum absolute atomic E-state index is 12.5. The predicted octanol–water partition coefficient (Wildman–Crippen LogP) is 5.10. The molecule has 0 spiro atoms. The van der Waals surface area contributed by atoms with Crippen LogP contribution in [0.3, 0.4) is 0 Å². The lowest BCUT2D eigenvalue weighted by atomic mass is 10.2. The van der Waals surface area contributed by atoms with Gasteiger partial charge >= 0.3 is 0 Å². The Morgan fingerprint density at radius 3 is 2.85 bits per heavy atom. The van der Waals surface area contributed by atoms with Gasteiger partial charge in [0.25, 0.3) is 5.91 Å². The molecular formula is C20H21N3OS2. The smallest absolute Gasteiger partial charge is 0.265 e. The average Bonchev–Trinajstić information content (AvgIpc) is 3.37. The van der Waals surface area contributed by atoms with Crippen LogP contribution in [0.5, 0.6) is 0 Å². The number of carbonyl (C=O) groups is 1. The summed E-state index contributed by atoms with van der Waals surface area (Å²) in [5, 5.41) is 4.08. The molecule has 1 saturated heterocycles. The molecule has 4 rings (SSSR count). The first-order valence-electron chi connectivity index (χ1n) is 8.80. The summed E-state index contributed by atoms with van der Waals surface area (Å²) in [6.45, 7) is 4.09. The van der Waals surface area contributed by atoms with E-state index in [4.69, 9.17) is 0 Å². The van der Waals surface area contributed by atoms with Gasteiger partial charge in [-0.3, -0.25) is 9.69 Å². The van der Waals surface area contributed by atoms with E-state index in [0.717, 1.165) is 35.1 Å². The summed E-state index contributed by atoms with van der Waals surface area (Å²) in [5.41, 5.74) is 0.829. The molecule has 1 amide bonds. The molecule has 1 atom stereocenters. The molecule has 1 fully saturated rings. The van der Waals surface area contributed by atoms with Crippen molar-refractivity contribution in [3.63, 3.8) is 0 Å². The van der Waals surface area contributed by atoms with Gasteiger partial charge in [0.05, 0.1) is 9.88 Å². The number of para-hydroxylation sites is 1. The molecule has 2 aromatic heterocycles. The summed E-state index contributed by atoms with van der Waals surface area (Å²) in [5.74, 6) is -0.0323. The van der Waals surface area contributed by atoms with Gasteiger partial charge in [-0.1, -0.05) is 18.2 Å². The fraction of sp³-hybridized carbons (Fsp3) is 0.300. The van der Waals surface area contributed by atoms with E-state index >= 15 is 0 Å². The summed E-state index contributed by atoms with van der Waals surface area (Å²) in [6, 6.07) is 14.1. The number of thiophene rings is 1. The van der Waals surface area contributed by atoms with Crippen LogP contribution in [0.1, 0.15) is 43.3 Å². The van der Waals surface area contributed by atoms with E-state index in [1.54, 1.807) is 22.7 Å². The number of rotatable bonds is 5. The highest BCUT2D eigenvalue weighted by molar-refractivity contribution is 7.14. The van der Waals surface area contributed by atoms with Crippen LogP contribution < -0.4 is 5.32 Å². The third-order valence-corrected chi connectivity index (χ3v) is 6.69. The SMILES string of the molecule is Cc1ncc(CN2CCCC2c2ccc(C(=O)Nc3ccccc3)s2)s1. The maximum Gasteiger partial charge on any atom is 0.265 e. The molecule has 6 heteroatoms. The van der Waals surface area contributed by atoms with Crippen LogP contribution in [-0.4, -0.2) is 22.3 Å². The zero-order valence-corrected chi connectivity index (χ0v) is 16.3. The molecule has 1 N–H and O–H groups in total. The van der Waals surface area contributed by atoms with Crippen molar-refractivity contribution >= 4 is 34.3 Å². The van der Waals surface area contributed by atoms with Crippen LogP contribution >= 0.6 is 22.7 Å². The van der Waals surface area contributed by atoms with Crippen LogP contribution in [0, 0.1) is 6.92 Å². The van der Waals surface area contributed by atoms with E-state index in [9.17, 15) is 4.79 Å². The lowest BCUT2D eigenvalue weighted by Gasteiger charge is -2.22. The number of anilines is 1. The summed E-state index contributed by atoms with van der Waals surface area (Å²) >= 11 is 3.38. The van der Waals surface area contributed by atoms with Crippen molar-refractivity contribution in [3.05, 3.63) is 68.3 Å². The van der Waals surface area contributed by atoms with E-state index < -0.39 is 0 Å². The minimum absolute atomic E-state index is 0.0323. The number of hydrogen-bond donors (Lipinski definition) is 1. The van der Waals surface area contributed by atoms with Gasteiger partial charge in [0.2, 0.25) is 0 Å². The lowest BCUT2D eigenvalue weighted by molar-refractivity contribution is 0.103. The zero-order valence-electron chi connectivity index (χ0n) is 14.6. The van der Waals surface area contributed by atoms with Crippen LogP contribution in [0.15, 0.2) is 48.7 Å². The van der Waals surface area contributed by atoms with Crippen LogP contribution in [0.25, 0.3) is 0 Å². The molecule has 1 unspecified atom stereocenters. The third kappa shape index (κ3) is 3.87. The summed E-state index contributed by atoms with van der Waals surface area (Å²) in [7, 11) is 0. The van der Waals surface area contributed by atoms with Crippen LogP contribution in [0.2, 0.25) is 0 Å². The molecule has 3 aromatic rings. The van der Waals surface area contributed by atoms with Gasteiger partial charge in [-0.2, -0.15) is 0 Å². The number of thiazole rings is 1.